The second-order valence-electron chi connectivity index (χ2n) is 5.28. The number of Topliss-reactive ketones (excluding diaryl/α,β-unsaturated/α-hetero) is 1. The van der Waals surface area contributed by atoms with Crippen molar-refractivity contribution < 1.29 is 14.3 Å². The highest BCUT2D eigenvalue weighted by molar-refractivity contribution is 6.00. The van der Waals surface area contributed by atoms with Crippen molar-refractivity contribution in [1.29, 1.82) is 0 Å². The highest BCUT2D eigenvalue weighted by Crippen LogP contribution is 2.14. The number of hydrogen-bond acceptors (Lipinski definition) is 4. The molecule has 1 unspecified atom stereocenters. The largest absolute Gasteiger partial charge is 0.469 e. The summed E-state index contributed by atoms with van der Waals surface area (Å²) in [5, 5.41) is 3.22. The van der Waals surface area contributed by atoms with Crippen LogP contribution in [0, 0.1) is 13.8 Å². The Labute approximate surface area is 126 Å². The van der Waals surface area contributed by atoms with E-state index in [0.29, 0.717) is 12.0 Å². The molecule has 0 saturated carbocycles. The van der Waals surface area contributed by atoms with E-state index >= 15 is 0 Å². The van der Waals surface area contributed by atoms with Gasteiger partial charge in [-0.25, -0.2) is 0 Å². The molecule has 1 aromatic rings. The van der Waals surface area contributed by atoms with Crippen LogP contribution in [0.15, 0.2) is 18.2 Å². The number of methoxy groups -OCH3 is 1. The minimum atomic E-state index is -0.342. The first-order valence-electron chi connectivity index (χ1n) is 7.41. The first-order chi connectivity index (χ1) is 9.99. The topological polar surface area (TPSA) is 55.4 Å². The number of nitrogens with one attached hydrogen (secondary N) is 1. The number of ether oxygens (including phenoxy) is 1. The Kier molecular flexibility index (Phi) is 7.09. The van der Waals surface area contributed by atoms with Crippen LogP contribution in [-0.2, 0) is 9.53 Å². The lowest BCUT2D eigenvalue weighted by molar-refractivity contribution is -0.140. The summed E-state index contributed by atoms with van der Waals surface area (Å²) >= 11 is 0. The molecule has 0 aliphatic heterocycles. The van der Waals surface area contributed by atoms with Crippen molar-refractivity contribution >= 4 is 11.8 Å². The summed E-state index contributed by atoms with van der Waals surface area (Å²) in [6.07, 6.45) is 1.64. The Morgan fingerprint density at radius 2 is 1.95 bits per heavy atom. The molecule has 0 heterocycles. The minimum Gasteiger partial charge on any atom is -0.469 e. The fraction of sp³-hybridized carbons (Fsp3) is 0.529. The van der Waals surface area contributed by atoms with E-state index in [1.54, 1.807) is 0 Å². The fourth-order valence-electron chi connectivity index (χ4n) is 2.10. The van der Waals surface area contributed by atoms with Gasteiger partial charge in [0.25, 0.3) is 0 Å². The van der Waals surface area contributed by atoms with E-state index in [4.69, 9.17) is 0 Å². The molecule has 0 fully saturated rings. The molecule has 0 aliphatic rings. The molecule has 0 aromatic heterocycles. The van der Waals surface area contributed by atoms with Gasteiger partial charge in [0.05, 0.1) is 13.2 Å². The van der Waals surface area contributed by atoms with Crippen LogP contribution in [0.3, 0.4) is 0 Å². The maximum Gasteiger partial charge on any atom is 0.305 e. The molecule has 116 valence electrons. The first-order valence-corrected chi connectivity index (χ1v) is 7.41. The van der Waals surface area contributed by atoms with Crippen LogP contribution in [0.5, 0.6) is 0 Å². The number of ketones is 1. The summed E-state index contributed by atoms with van der Waals surface area (Å²) in [6.45, 7) is 6.82. The van der Waals surface area contributed by atoms with E-state index in [1.807, 2.05) is 39.0 Å². The predicted octanol–water partition coefficient (Wildman–Crippen LogP) is 2.81. The van der Waals surface area contributed by atoms with Crippen LogP contribution in [-0.4, -0.2) is 31.4 Å². The van der Waals surface area contributed by atoms with Gasteiger partial charge in [0, 0.05) is 12.0 Å². The van der Waals surface area contributed by atoms with E-state index < -0.39 is 0 Å². The molecule has 1 rings (SSSR count). The summed E-state index contributed by atoms with van der Waals surface area (Å²) in [5.74, 6) is -0.248. The summed E-state index contributed by atoms with van der Waals surface area (Å²) < 4.78 is 4.65. The third kappa shape index (κ3) is 5.31. The van der Waals surface area contributed by atoms with E-state index in [1.165, 1.54) is 12.7 Å². The van der Waals surface area contributed by atoms with Crippen LogP contribution in [0.25, 0.3) is 0 Å². The first kappa shape index (κ1) is 17.4. The van der Waals surface area contributed by atoms with Crippen LogP contribution in [0.4, 0.5) is 0 Å². The van der Waals surface area contributed by atoms with E-state index in [-0.39, 0.29) is 24.2 Å². The molecule has 0 radical (unpaired) electrons. The van der Waals surface area contributed by atoms with Gasteiger partial charge in [0.15, 0.2) is 5.78 Å². The molecule has 0 bridgehead atoms. The summed E-state index contributed by atoms with van der Waals surface area (Å²) in [5.41, 5.74) is 2.96. The smallest absolute Gasteiger partial charge is 0.305 e. The predicted molar refractivity (Wildman–Crippen MR) is 83.6 cm³/mol. The zero-order valence-corrected chi connectivity index (χ0v) is 13.4. The molecule has 1 atom stereocenters. The zero-order valence-electron chi connectivity index (χ0n) is 13.4. The van der Waals surface area contributed by atoms with E-state index in [9.17, 15) is 9.59 Å². The van der Waals surface area contributed by atoms with Crippen LogP contribution < -0.4 is 5.32 Å². The number of esters is 1. The van der Waals surface area contributed by atoms with Crippen LogP contribution in [0.1, 0.15) is 47.7 Å². The number of aryl methyl sites for hydroxylation is 2. The highest BCUT2D eigenvalue weighted by Gasteiger charge is 2.20. The molecular weight excluding hydrogens is 266 g/mol. The van der Waals surface area contributed by atoms with Crippen molar-refractivity contribution in [2.24, 2.45) is 0 Å². The molecule has 21 heavy (non-hydrogen) atoms. The molecule has 4 heteroatoms. The number of carbonyl (C=O) groups is 2. The quantitative estimate of drug-likeness (QED) is 0.591. The second-order valence-corrected chi connectivity index (χ2v) is 5.28. The summed E-state index contributed by atoms with van der Waals surface area (Å²) in [4.78, 5) is 23.9. The van der Waals surface area contributed by atoms with Gasteiger partial charge in [-0.1, -0.05) is 19.1 Å². The van der Waals surface area contributed by atoms with Gasteiger partial charge in [-0.2, -0.15) is 0 Å². The van der Waals surface area contributed by atoms with E-state index in [0.717, 1.165) is 18.5 Å². The summed E-state index contributed by atoms with van der Waals surface area (Å²) in [7, 11) is 1.36. The Morgan fingerprint density at radius 1 is 1.24 bits per heavy atom. The SMILES string of the molecule is CCCNC(CCC(=O)OC)C(=O)c1ccc(C)c(C)c1. The number of carbonyl (C=O) groups excluding carboxylic acids is 2. The molecule has 0 amide bonds. The number of hydrogen-bond donors (Lipinski definition) is 1. The van der Waals surface area contributed by atoms with Gasteiger partial charge in [-0.05, 0) is 50.4 Å². The average Bonchev–Trinajstić information content (AvgIpc) is 2.49. The standard InChI is InChI=1S/C17H25NO3/c1-5-10-18-15(8-9-16(19)21-4)17(20)14-7-6-12(2)13(3)11-14/h6-7,11,15,18H,5,8-10H2,1-4H3. The molecule has 0 aliphatic carbocycles. The molecule has 1 aromatic carbocycles. The lowest BCUT2D eigenvalue weighted by Gasteiger charge is -2.17. The number of benzene rings is 1. The van der Waals surface area contributed by atoms with Gasteiger partial charge in [-0.15, -0.1) is 0 Å². The van der Waals surface area contributed by atoms with Crippen molar-refractivity contribution in [1.82, 2.24) is 5.32 Å². The molecule has 0 saturated heterocycles. The van der Waals surface area contributed by atoms with Crippen LogP contribution in [0.2, 0.25) is 0 Å². The minimum absolute atomic E-state index is 0.0375. The lowest BCUT2D eigenvalue weighted by Crippen LogP contribution is -2.37. The molecule has 0 spiro atoms. The van der Waals surface area contributed by atoms with Crippen molar-refractivity contribution in [3.05, 3.63) is 34.9 Å². The van der Waals surface area contributed by atoms with Crippen LogP contribution >= 0.6 is 0 Å². The van der Waals surface area contributed by atoms with E-state index in [2.05, 4.69) is 10.1 Å². The van der Waals surface area contributed by atoms with Gasteiger partial charge in [0.2, 0.25) is 0 Å². The van der Waals surface area contributed by atoms with Crippen molar-refractivity contribution in [3.8, 4) is 0 Å². The highest BCUT2D eigenvalue weighted by atomic mass is 16.5. The Morgan fingerprint density at radius 3 is 2.52 bits per heavy atom. The monoisotopic (exact) mass is 291 g/mol. The Balaban J connectivity index is 2.82. The summed E-state index contributed by atoms with van der Waals surface area (Å²) in [6, 6.07) is 5.38. The maximum atomic E-state index is 12.6. The Hall–Kier alpha value is -1.68. The van der Waals surface area contributed by atoms with Gasteiger partial charge in [-0.3, -0.25) is 9.59 Å². The lowest BCUT2D eigenvalue weighted by atomic mass is 9.97. The zero-order chi connectivity index (χ0) is 15.8. The maximum absolute atomic E-state index is 12.6. The third-order valence-electron chi connectivity index (χ3n) is 3.61. The molecular formula is C17H25NO3. The van der Waals surface area contributed by atoms with Crippen molar-refractivity contribution in [3.63, 3.8) is 0 Å². The van der Waals surface area contributed by atoms with Gasteiger partial charge >= 0.3 is 5.97 Å². The average molecular weight is 291 g/mol. The van der Waals surface area contributed by atoms with Gasteiger partial charge in [0.1, 0.15) is 0 Å². The molecule has 4 nitrogen and oxygen atoms in total. The fourth-order valence-corrected chi connectivity index (χ4v) is 2.10. The second kappa shape index (κ2) is 8.57. The third-order valence-corrected chi connectivity index (χ3v) is 3.61. The van der Waals surface area contributed by atoms with Crippen molar-refractivity contribution in [2.75, 3.05) is 13.7 Å². The van der Waals surface area contributed by atoms with Crippen molar-refractivity contribution in [2.45, 2.75) is 46.1 Å². The Bertz CT molecular complexity index is 497. The molecule has 1 N–H and O–H groups in total. The normalized spacial score (nSPS) is 12.0. The van der Waals surface area contributed by atoms with Gasteiger partial charge < -0.3 is 10.1 Å². The number of rotatable bonds is 8.